The van der Waals surface area contributed by atoms with Crippen LogP contribution in [0.15, 0.2) is 16.9 Å². The average molecular weight is 387 g/mol. The Bertz CT molecular complexity index is 392. The fraction of sp³-hybridized carbons (Fsp3) is 0.600. The summed E-state index contributed by atoms with van der Waals surface area (Å²) in [6, 6.07) is 0. The molecule has 4 rings (SSSR count). The number of fused-ring (bicyclic) bond motifs is 1. The van der Waals surface area contributed by atoms with E-state index in [1.165, 1.54) is 23.0 Å². The van der Waals surface area contributed by atoms with Crippen molar-refractivity contribution in [3.63, 3.8) is 0 Å². The first kappa shape index (κ1) is 13.9. The van der Waals surface area contributed by atoms with Gasteiger partial charge in [-0.1, -0.05) is 23.5 Å². The third kappa shape index (κ3) is 2.78. The summed E-state index contributed by atoms with van der Waals surface area (Å²) < 4.78 is 7.92. The van der Waals surface area contributed by atoms with E-state index in [1.54, 1.807) is 16.9 Å². The molecular weight excluding hydrogens is 377 g/mol. The third-order valence-corrected chi connectivity index (χ3v) is 15.7. The maximum absolute atomic E-state index is 2.17. The molecule has 18 heavy (non-hydrogen) atoms. The molecule has 0 aromatic rings. The van der Waals surface area contributed by atoms with Crippen molar-refractivity contribution in [2.24, 2.45) is 0 Å². The van der Waals surface area contributed by atoms with Gasteiger partial charge < -0.3 is 0 Å². The monoisotopic (exact) mass is 386 g/mol. The lowest BCUT2D eigenvalue weighted by atomic mass is 10.9. The van der Waals surface area contributed by atoms with Crippen LogP contribution in [0.2, 0.25) is 0 Å². The van der Waals surface area contributed by atoms with Crippen LogP contribution in [-0.4, -0.2) is 32.2 Å². The Kier molecular flexibility index (Phi) is 4.78. The Morgan fingerprint density at radius 3 is 1.72 bits per heavy atom. The first-order chi connectivity index (χ1) is 8.90. The van der Waals surface area contributed by atoms with Gasteiger partial charge in [0.1, 0.15) is 0 Å². The van der Waals surface area contributed by atoms with Crippen LogP contribution in [0.4, 0.5) is 0 Å². The van der Waals surface area contributed by atoms with E-state index in [-0.39, 0.29) is 0 Å². The van der Waals surface area contributed by atoms with Crippen molar-refractivity contribution in [1.29, 1.82) is 0 Å². The normalized spacial score (nSPS) is 36.0. The van der Waals surface area contributed by atoms with Crippen LogP contribution in [0.1, 0.15) is 0 Å². The summed E-state index contributed by atoms with van der Waals surface area (Å²) in [4.78, 5) is 0. The van der Waals surface area contributed by atoms with E-state index >= 15 is 0 Å². The zero-order chi connectivity index (χ0) is 11.9. The van der Waals surface area contributed by atoms with Gasteiger partial charge in [0.2, 0.25) is 0 Å². The SMILES string of the molecule is C1CSC(=C2SC3=C(S2)SC2SCCSC2S3)S1. The maximum atomic E-state index is 2.17. The summed E-state index contributed by atoms with van der Waals surface area (Å²) in [5.74, 6) is 5.26. The third-order valence-electron chi connectivity index (χ3n) is 2.57. The van der Waals surface area contributed by atoms with Gasteiger partial charge in [0.25, 0.3) is 0 Å². The summed E-state index contributed by atoms with van der Waals surface area (Å²) >= 11 is 16.8. The molecule has 0 bridgehead atoms. The molecule has 2 atom stereocenters. The van der Waals surface area contributed by atoms with Gasteiger partial charge in [-0.2, -0.15) is 0 Å². The van der Waals surface area contributed by atoms with Crippen LogP contribution in [0, 0.1) is 0 Å². The van der Waals surface area contributed by atoms with Crippen LogP contribution in [0.3, 0.4) is 0 Å². The lowest BCUT2D eigenvalue weighted by Crippen LogP contribution is -2.21. The zero-order valence-corrected chi connectivity index (χ0v) is 15.8. The molecule has 0 N–H and O–H groups in total. The van der Waals surface area contributed by atoms with Gasteiger partial charge in [0.05, 0.1) is 26.1 Å². The molecule has 0 aliphatic carbocycles. The van der Waals surface area contributed by atoms with Crippen LogP contribution >= 0.6 is 94.1 Å². The predicted molar refractivity (Wildman–Crippen MR) is 102 cm³/mol. The Morgan fingerprint density at radius 1 is 0.611 bits per heavy atom. The van der Waals surface area contributed by atoms with E-state index in [2.05, 4.69) is 70.6 Å². The summed E-state index contributed by atoms with van der Waals surface area (Å²) in [6.45, 7) is 0. The molecule has 8 heteroatoms. The minimum atomic E-state index is 0.786. The van der Waals surface area contributed by atoms with Crippen LogP contribution in [0.25, 0.3) is 0 Å². The molecule has 0 radical (unpaired) electrons. The second-order valence-electron chi connectivity index (χ2n) is 3.76. The molecular formula is C10H10S8. The van der Waals surface area contributed by atoms with Gasteiger partial charge in [0, 0.05) is 23.0 Å². The predicted octanol–water partition coefficient (Wildman–Crippen LogP) is 5.81. The van der Waals surface area contributed by atoms with Crippen LogP contribution in [0.5, 0.6) is 0 Å². The van der Waals surface area contributed by atoms with Crippen molar-refractivity contribution in [3.8, 4) is 0 Å². The van der Waals surface area contributed by atoms with Gasteiger partial charge in [-0.3, -0.25) is 0 Å². The second kappa shape index (κ2) is 6.18. The minimum Gasteiger partial charge on any atom is -0.144 e. The lowest BCUT2D eigenvalue weighted by Gasteiger charge is -2.32. The number of hydrogen-bond donors (Lipinski definition) is 0. The van der Waals surface area contributed by atoms with Crippen molar-refractivity contribution in [3.05, 3.63) is 16.9 Å². The van der Waals surface area contributed by atoms with Gasteiger partial charge in [-0.25, -0.2) is 0 Å². The van der Waals surface area contributed by atoms with Crippen molar-refractivity contribution >= 4 is 94.1 Å². The van der Waals surface area contributed by atoms with E-state index in [1.807, 2.05) is 23.5 Å². The standard InChI is InChI=1S/C10H10S8/c1-2-12-5(11-1)8-17-9-10(18-8)16-7-6(15-9)13-3-4-14-7/h6-7H,1-4H2. The quantitative estimate of drug-likeness (QED) is 0.505. The molecule has 2 saturated heterocycles. The van der Waals surface area contributed by atoms with Crippen LogP contribution in [-0.2, 0) is 0 Å². The fourth-order valence-electron chi connectivity index (χ4n) is 1.80. The summed E-state index contributed by atoms with van der Waals surface area (Å²) in [5.41, 5.74) is 0. The summed E-state index contributed by atoms with van der Waals surface area (Å²) in [5, 5.41) is 0. The maximum Gasteiger partial charge on any atom is 0.0769 e. The highest BCUT2D eigenvalue weighted by Gasteiger charge is 2.39. The summed E-state index contributed by atoms with van der Waals surface area (Å²) in [7, 11) is 0. The van der Waals surface area contributed by atoms with Crippen molar-refractivity contribution < 1.29 is 0 Å². The van der Waals surface area contributed by atoms with Crippen molar-refractivity contribution in [1.82, 2.24) is 0 Å². The molecule has 4 aliphatic heterocycles. The van der Waals surface area contributed by atoms with E-state index in [9.17, 15) is 0 Å². The number of thioether (sulfide) groups is 8. The topological polar surface area (TPSA) is 0 Å². The molecule has 4 aliphatic rings. The molecule has 0 spiro atoms. The van der Waals surface area contributed by atoms with E-state index < -0.39 is 0 Å². The highest BCUT2D eigenvalue weighted by molar-refractivity contribution is 8.45. The molecule has 2 unspecified atom stereocenters. The zero-order valence-electron chi connectivity index (χ0n) is 9.25. The molecule has 0 saturated carbocycles. The van der Waals surface area contributed by atoms with E-state index in [4.69, 9.17) is 0 Å². The van der Waals surface area contributed by atoms with E-state index in [0.717, 1.165) is 9.16 Å². The van der Waals surface area contributed by atoms with Crippen molar-refractivity contribution in [2.45, 2.75) is 9.16 Å². The van der Waals surface area contributed by atoms with Gasteiger partial charge in [0.15, 0.2) is 0 Å². The van der Waals surface area contributed by atoms with Gasteiger partial charge in [-0.15, -0.1) is 70.6 Å². The molecule has 2 fully saturated rings. The van der Waals surface area contributed by atoms with Gasteiger partial charge >= 0.3 is 0 Å². The first-order valence-corrected chi connectivity index (χ1v) is 13.0. The second-order valence-corrected chi connectivity index (χ2v) is 14.4. The summed E-state index contributed by atoms with van der Waals surface area (Å²) in [6.07, 6.45) is 0. The molecule has 4 heterocycles. The molecule has 98 valence electrons. The first-order valence-electron chi connectivity index (χ1n) is 5.56. The fourth-order valence-corrected chi connectivity index (χ4v) is 15.4. The largest absolute Gasteiger partial charge is 0.144 e. The Morgan fingerprint density at radius 2 is 1.17 bits per heavy atom. The Hall–Kier alpha value is 2.28. The molecule has 0 aromatic heterocycles. The molecule has 0 amide bonds. The smallest absolute Gasteiger partial charge is 0.0769 e. The van der Waals surface area contributed by atoms with E-state index in [0.29, 0.717) is 0 Å². The van der Waals surface area contributed by atoms with Crippen LogP contribution < -0.4 is 0 Å². The van der Waals surface area contributed by atoms with Gasteiger partial charge in [-0.05, 0) is 0 Å². The Balaban J connectivity index is 1.54. The van der Waals surface area contributed by atoms with Crippen molar-refractivity contribution in [2.75, 3.05) is 23.0 Å². The highest BCUT2D eigenvalue weighted by Crippen LogP contribution is 2.67. The molecule has 0 nitrogen and oxygen atoms in total. The molecule has 0 aromatic carbocycles. The number of hydrogen-bond acceptors (Lipinski definition) is 8. The minimum absolute atomic E-state index is 0.786. The average Bonchev–Trinajstić information content (AvgIpc) is 3.04. The Labute approximate surface area is 142 Å². The number of rotatable bonds is 0. The lowest BCUT2D eigenvalue weighted by molar-refractivity contribution is 1.30. The highest BCUT2D eigenvalue weighted by atomic mass is 32.3.